The highest BCUT2D eigenvalue weighted by molar-refractivity contribution is 5.96. The number of hydrogen-bond donors (Lipinski definition) is 2. The summed E-state index contributed by atoms with van der Waals surface area (Å²) >= 11 is 0. The van der Waals surface area contributed by atoms with E-state index in [-0.39, 0.29) is 5.91 Å². The maximum absolute atomic E-state index is 12.5. The molecule has 5 nitrogen and oxygen atoms in total. The number of carbonyl (C=O) groups is 1. The van der Waals surface area contributed by atoms with Gasteiger partial charge in [0.05, 0.1) is 12.8 Å². The van der Waals surface area contributed by atoms with Crippen LogP contribution in [-0.2, 0) is 4.79 Å². The lowest BCUT2D eigenvalue weighted by molar-refractivity contribution is -0.122. The molecule has 0 heterocycles. The minimum atomic E-state index is -0.595. The first kappa shape index (κ1) is 16.7. The second-order valence-corrected chi connectivity index (χ2v) is 5.28. The standard InChI is InChI=1S/C18H22N2O3/c1-4-16(23-14-7-5-6-12(2)10-14)18(21)20-15-11-13(19)8-9-17(15)22-3/h5-11,16H,4,19H2,1-3H3,(H,20,21). The van der Waals surface area contributed by atoms with Gasteiger partial charge >= 0.3 is 0 Å². The fraction of sp³-hybridized carbons (Fsp3) is 0.278. The quantitative estimate of drug-likeness (QED) is 0.802. The Bertz CT molecular complexity index is 686. The highest BCUT2D eigenvalue weighted by Gasteiger charge is 2.20. The molecule has 1 atom stereocenters. The molecule has 0 saturated heterocycles. The SMILES string of the molecule is CCC(Oc1cccc(C)c1)C(=O)Nc1cc(N)ccc1OC. The first-order valence-corrected chi connectivity index (χ1v) is 7.51. The van der Waals surface area contributed by atoms with Crippen LogP contribution in [-0.4, -0.2) is 19.1 Å². The van der Waals surface area contributed by atoms with Crippen molar-refractivity contribution in [3.8, 4) is 11.5 Å². The van der Waals surface area contributed by atoms with E-state index in [2.05, 4.69) is 5.32 Å². The van der Waals surface area contributed by atoms with Crippen molar-refractivity contribution in [2.75, 3.05) is 18.2 Å². The third-order valence-electron chi connectivity index (χ3n) is 3.41. The lowest BCUT2D eigenvalue weighted by atomic mass is 10.2. The van der Waals surface area contributed by atoms with Gasteiger partial charge in [0.1, 0.15) is 11.5 Å². The zero-order valence-electron chi connectivity index (χ0n) is 13.6. The van der Waals surface area contributed by atoms with Gasteiger partial charge in [-0.1, -0.05) is 19.1 Å². The number of nitrogens with one attached hydrogen (secondary N) is 1. The molecule has 122 valence electrons. The molecule has 0 aliphatic heterocycles. The van der Waals surface area contributed by atoms with Gasteiger partial charge < -0.3 is 20.5 Å². The van der Waals surface area contributed by atoms with Crippen molar-refractivity contribution in [2.24, 2.45) is 0 Å². The Morgan fingerprint density at radius 3 is 2.70 bits per heavy atom. The molecule has 1 unspecified atom stereocenters. The third-order valence-corrected chi connectivity index (χ3v) is 3.41. The molecule has 2 aromatic carbocycles. The predicted molar refractivity (Wildman–Crippen MR) is 91.9 cm³/mol. The van der Waals surface area contributed by atoms with Crippen molar-refractivity contribution in [3.63, 3.8) is 0 Å². The molecule has 3 N–H and O–H groups in total. The Kier molecular flexibility index (Phi) is 5.46. The van der Waals surface area contributed by atoms with E-state index in [0.29, 0.717) is 29.3 Å². The summed E-state index contributed by atoms with van der Waals surface area (Å²) in [5.41, 5.74) is 7.93. The van der Waals surface area contributed by atoms with Gasteiger partial charge in [0, 0.05) is 5.69 Å². The number of aryl methyl sites for hydroxylation is 1. The van der Waals surface area contributed by atoms with Gasteiger partial charge in [-0.15, -0.1) is 0 Å². The first-order chi connectivity index (χ1) is 11.0. The first-order valence-electron chi connectivity index (χ1n) is 7.51. The van der Waals surface area contributed by atoms with Crippen molar-refractivity contribution in [1.82, 2.24) is 0 Å². The molecule has 23 heavy (non-hydrogen) atoms. The Labute approximate surface area is 136 Å². The van der Waals surface area contributed by atoms with E-state index in [1.807, 2.05) is 38.1 Å². The number of nitrogens with two attached hydrogens (primary N) is 1. The van der Waals surface area contributed by atoms with Crippen LogP contribution in [0.1, 0.15) is 18.9 Å². The molecule has 2 rings (SSSR count). The van der Waals surface area contributed by atoms with Crippen molar-refractivity contribution >= 4 is 17.3 Å². The molecule has 2 aromatic rings. The topological polar surface area (TPSA) is 73.6 Å². The Balaban J connectivity index is 2.13. The molecular formula is C18H22N2O3. The zero-order chi connectivity index (χ0) is 16.8. The highest BCUT2D eigenvalue weighted by Crippen LogP contribution is 2.27. The number of ether oxygens (including phenoxy) is 2. The summed E-state index contributed by atoms with van der Waals surface area (Å²) in [4.78, 5) is 12.5. The smallest absolute Gasteiger partial charge is 0.265 e. The summed E-state index contributed by atoms with van der Waals surface area (Å²) in [5.74, 6) is 0.988. The molecule has 1 amide bonds. The average Bonchev–Trinajstić information content (AvgIpc) is 2.53. The van der Waals surface area contributed by atoms with Gasteiger partial charge in [0.15, 0.2) is 6.10 Å². The Hall–Kier alpha value is -2.69. The number of benzene rings is 2. The van der Waals surface area contributed by atoms with Crippen LogP contribution >= 0.6 is 0 Å². The van der Waals surface area contributed by atoms with E-state index in [9.17, 15) is 4.79 Å². The van der Waals surface area contributed by atoms with Crippen LogP contribution in [0, 0.1) is 6.92 Å². The number of carbonyl (C=O) groups excluding carboxylic acids is 1. The molecule has 5 heteroatoms. The maximum Gasteiger partial charge on any atom is 0.265 e. The van der Waals surface area contributed by atoms with E-state index >= 15 is 0 Å². The molecule has 0 aliphatic carbocycles. The molecule has 0 aliphatic rings. The fourth-order valence-corrected chi connectivity index (χ4v) is 2.21. The zero-order valence-corrected chi connectivity index (χ0v) is 13.6. The van der Waals surface area contributed by atoms with Crippen LogP contribution in [0.2, 0.25) is 0 Å². The van der Waals surface area contributed by atoms with Gasteiger partial charge in [-0.2, -0.15) is 0 Å². The lowest BCUT2D eigenvalue weighted by Gasteiger charge is -2.18. The van der Waals surface area contributed by atoms with Crippen molar-refractivity contribution < 1.29 is 14.3 Å². The predicted octanol–water partition coefficient (Wildman–Crippen LogP) is 3.38. The number of amides is 1. The molecular weight excluding hydrogens is 292 g/mol. The Morgan fingerprint density at radius 1 is 1.26 bits per heavy atom. The second kappa shape index (κ2) is 7.54. The van der Waals surface area contributed by atoms with Gasteiger partial charge in [0.2, 0.25) is 0 Å². The number of methoxy groups -OCH3 is 1. The van der Waals surface area contributed by atoms with Crippen LogP contribution in [0.15, 0.2) is 42.5 Å². The largest absolute Gasteiger partial charge is 0.495 e. The molecule has 0 spiro atoms. The highest BCUT2D eigenvalue weighted by atomic mass is 16.5. The van der Waals surface area contributed by atoms with Crippen LogP contribution in [0.5, 0.6) is 11.5 Å². The minimum absolute atomic E-state index is 0.238. The maximum atomic E-state index is 12.5. The molecule has 0 radical (unpaired) electrons. The van der Waals surface area contributed by atoms with E-state index in [4.69, 9.17) is 15.2 Å². The normalized spacial score (nSPS) is 11.6. The lowest BCUT2D eigenvalue weighted by Crippen LogP contribution is -2.32. The number of rotatable bonds is 6. The average molecular weight is 314 g/mol. The number of nitrogen functional groups attached to an aromatic ring is 1. The number of hydrogen-bond acceptors (Lipinski definition) is 4. The van der Waals surface area contributed by atoms with Crippen LogP contribution in [0.4, 0.5) is 11.4 Å². The van der Waals surface area contributed by atoms with Crippen LogP contribution < -0.4 is 20.5 Å². The van der Waals surface area contributed by atoms with Gasteiger partial charge in [-0.05, 0) is 49.2 Å². The summed E-state index contributed by atoms with van der Waals surface area (Å²) in [6, 6.07) is 12.7. The molecule has 0 fully saturated rings. The van der Waals surface area contributed by atoms with Crippen LogP contribution in [0.3, 0.4) is 0 Å². The van der Waals surface area contributed by atoms with Crippen LogP contribution in [0.25, 0.3) is 0 Å². The summed E-state index contributed by atoms with van der Waals surface area (Å²) in [7, 11) is 1.54. The van der Waals surface area contributed by atoms with Crippen molar-refractivity contribution in [2.45, 2.75) is 26.4 Å². The second-order valence-electron chi connectivity index (χ2n) is 5.28. The van der Waals surface area contributed by atoms with E-state index in [1.165, 1.54) is 0 Å². The minimum Gasteiger partial charge on any atom is -0.495 e. The van der Waals surface area contributed by atoms with Gasteiger partial charge in [-0.3, -0.25) is 4.79 Å². The third kappa shape index (κ3) is 4.39. The monoisotopic (exact) mass is 314 g/mol. The van der Waals surface area contributed by atoms with Gasteiger partial charge in [-0.25, -0.2) is 0 Å². The molecule has 0 aromatic heterocycles. The molecule has 0 bridgehead atoms. The fourth-order valence-electron chi connectivity index (χ4n) is 2.21. The number of anilines is 2. The van der Waals surface area contributed by atoms with E-state index < -0.39 is 6.10 Å². The van der Waals surface area contributed by atoms with Crippen molar-refractivity contribution in [1.29, 1.82) is 0 Å². The van der Waals surface area contributed by atoms with E-state index in [1.54, 1.807) is 25.3 Å². The van der Waals surface area contributed by atoms with Gasteiger partial charge in [0.25, 0.3) is 5.91 Å². The summed E-state index contributed by atoms with van der Waals surface area (Å²) in [6.45, 7) is 3.88. The van der Waals surface area contributed by atoms with E-state index in [0.717, 1.165) is 5.56 Å². The molecule has 0 saturated carbocycles. The van der Waals surface area contributed by atoms with Crippen molar-refractivity contribution in [3.05, 3.63) is 48.0 Å². The summed E-state index contributed by atoms with van der Waals surface area (Å²) in [5, 5.41) is 2.82. The summed E-state index contributed by atoms with van der Waals surface area (Å²) < 4.78 is 11.0. The Morgan fingerprint density at radius 2 is 2.04 bits per heavy atom. The summed E-state index contributed by atoms with van der Waals surface area (Å²) in [6.07, 6.45) is -0.0485.